The molecule has 0 saturated heterocycles. The Hall–Kier alpha value is -3.07. The van der Waals surface area contributed by atoms with Gasteiger partial charge in [-0.05, 0) is 53.3 Å². The molecule has 138 valence electrons. The topological polar surface area (TPSA) is 35.5 Å². The molecule has 0 aliphatic heterocycles. The number of ether oxygens (including phenoxy) is 2. The molecule has 0 spiro atoms. The van der Waals surface area contributed by atoms with Crippen LogP contribution >= 0.6 is 0 Å². The van der Waals surface area contributed by atoms with Crippen LogP contribution < -0.4 is 4.74 Å². The largest absolute Gasteiger partial charge is 0.489 e. The highest BCUT2D eigenvalue weighted by Crippen LogP contribution is 2.26. The molecule has 0 saturated carbocycles. The van der Waals surface area contributed by atoms with E-state index in [1.54, 1.807) is 0 Å². The summed E-state index contributed by atoms with van der Waals surface area (Å²) in [5.74, 6) is 0.630. The smallest absolute Gasteiger partial charge is 0.305 e. The van der Waals surface area contributed by atoms with Gasteiger partial charge in [0.05, 0.1) is 7.11 Å². The lowest BCUT2D eigenvalue weighted by Crippen LogP contribution is -2.02. The lowest BCUT2D eigenvalue weighted by atomic mass is 9.97. The average Bonchev–Trinajstić information content (AvgIpc) is 2.72. The van der Waals surface area contributed by atoms with Gasteiger partial charge >= 0.3 is 5.97 Å². The van der Waals surface area contributed by atoms with Crippen molar-refractivity contribution in [2.45, 2.75) is 26.4 Å². The van der Waals surface area contributed by atoms with Gasteiger partial charge in [0.25, 0.3) is 0 Å². The maximum Gasteiger partial charge on any atom is 0.305 e. The van der Waals surface area contributed by atoms with Crippen molar-refractivity contribution < 1.29 is 14.3 Å². The van der Waals surface area contributed by atoms with Gasteiger partial charge in [-0.25, -0.2) is 0 Å². The molecule has 0 N–H and O–H groups in total. The molecule has 0 fully saturated rings. The fourth-order valence-electron chi connectivity index (χ4n) is 3.03. The normalized spacial score (nSPS) is 10.4. The van der Waals surface area contributed by atoms with E-state index in [2.05, 4.69) is 54.1 Å². The highest BCUT2D eigenvalue weighted by atomic mass is 16.5. The summed E-state index contributed by atoms with van der Waals surface area (Å²) in [4.78, 5) is 11.2. The summed E-state index contributed by atoms with van der Waals surface area (Å²) in [6.07, 6.45) is 1.06. The third-order valence-corrected chi connectivity index (χ3v) is 4.69. The van der Waals surface area contributed by atoms with Gasteiger partial charge in [0.1, 0.15) is 12.4 Å². The van der Waals surface area contributed by atoms with E-state index in [9.17, 15) is 4.79 Å². The fourth-order valence-corrected chi connectivity index (χ4v) is 3.03. The molecule has 3 aromatic carbocycles. The first-order chi connectivity index (χ1) is 13.2. The van der Waals surface area contributed by atoms with E-state index < -0.39 is 0 Å². The number of hydrogen-bond donors (Lipinski definition) is 0. The van der Waals surface area contributed by atoms with E-state index in [1.165, 1.54) is 29.4 Å². The zero-order valence-corrected chi connectivity index (χ0v) is 15.8. The van der Waals surface area contributed by atoms with Crippen molar-refractivity contribution in [1.82, 2.24) is 0 Å². The lowest BCUT2D eigenvalue weighted by molar-refractivity contribution is -0.140. The van der Waals surface area contributed by atoms with Crippen LogP contribution in [-0.4, -0.2) is 13.1 Å². The average molecular weight is 360 g/mol. The second-order valence-corrected chi connectivity index (χ2v) is 6.46. The quantitative estimate of drug-likeness (QED) is 0.533. The third kappa shape index (κ3) is 4.98. The second kappa shape index (κ2) is 9.04. The van der Waals surface area contributed by atoms with Gasteiger partial charge in [-0.1, -0.05) is 60.7 Å². The standard InChI is InChI=1S/C24H24O3/c1-18-21(9-6-10-23(18)20-7-4-3-5-8-20)17-27-22-14-11-19(12-15-22)13-16-24(25)26-2/h3-12,14-15H,13,16-17H2,1-2H3. The number of rotatable bonds is 7. The maximum absolute atomic E-state index is 11.2. The van der Waals surface area contributed by atoms with Crippen LogP contribution in [0.3, 0.4) is 0 Å². The number of carbonyl (C=O) groups is 1. The zero-order chi connectivity index (χ0) is 19.1. The minimum atomic E-state index is -0.191. The third-order valence-electron chi connectivity index (χ3n) is 4.69. The number of esters is 1. The molecule has 0 aromatic heterocycles. The Balaban J connectivity index is 1.64. The fraction of sp³-hybridized carbons (Fsp3) is 0.208. The summed E-state index contributed by atoms with van der Waals surface area (Å²) < 4.78 is 10.6. The van der Waals surface area contributed by atoms with E-state index in [-0.39, 0.29) is 5.97 Å². The minimum Gasteiger partial charge on any atom is -0.489 e. The number of carbonyl (C=O) groups excluding carboxylic acids is 1. The number of aryl methyl sites for hydroxylation is 1. The van der Waals surface area contributed by atoms with Gasteiger partial charge in [0, 0.05) is 6.42 Å². The zero-order valence-electron chi connectivity index (χ0n) is 15.8. The Labute approximate surface area is 160 Å². The van der Waals surface area contributed by atoms with Gasteiger partial charge in [-0.3, -0.25) is 4.79 Å². The molecule has 0 atom stereocenters. The molecule has 3 nitrogen and oxygen atoms in total. The van der Waals surface area contributed by atoms with Crippen molar-refractivity contribution in [3.8, 4) is 16.9 Å². The Morgan fingerprint density at radius 2 is 1.63 bits per heavy atom. The first kappa shape index (κ1) is 18.7. The predicted molar refractivity (Wildman–Crippen MR) is 108 cm³/mol. The van der Waals surface area contributed by atoms with Gasteiger partial charge in [0.15, 0.2) is 0 Å². The maximum atomic E-state index is 11.2. The molecule has 3 rings (SSSR count). The summed E-state index contributed by atoms with van der Waals surface area (Å²) >= 11 is 0. The summed E-state index contributed by atoms with van der Waals surface area (Å²) in [5.41, 5.74) is 5.95. The molecule has 0 aliphatic carbocycles. The van der Waals surface area contributed by atoms with E-state index in [0.29, 0.717) is 19.4 Å². The van der Waals surface area contributed by atoms with Crippen LogP contribution in [0.15, 0.2) is 72.8 Å². The summed E-state index contributed by atoms with van der Waals surface area (Å²) in [5, 5.41) is 0. The first-order valence-electron chi connectivity index (χ1n) is 9.10. The molecule has 0 aliphatic rings. The van der Waals surface area contributed by atoms with Crippen LogP contribution in [-0.2, 0) is 22.6 Å². The second-order valence-electron chi connectivity index (χ2n) is 6.46. The molecule has 3 aromatic rings. The molecule has 27 heavy (non-hydrogen) atoms. The highest BCUT2D eigenvalue weighted by Gasteiger charge is 2.07. The molecule has 0 unspecified atom stereocenters. The SMILES string of the molecule is COC(=O)CCc1ccc(OCc2cccc(-c3ccccc3)c2C)cc1. The van der Waals surface area contributed by atoms with Crippen LogP contribution in [0.25, 0.3) is 11.1 Å². The van der Waals surface area contributed by atoms with Crippen molar-refractivity contribution in [2.24, 2.45) is 0 Å². The van der Waals surface area contributed by atoms with Crippen LogP contribution in [0.2, 0.25) is 0 Å². The Morgan fingerprint density at radius 3 is 2.33 bits per heavy atom. The molecule has 0 heterocycles. The van der Waals surface area contributed by atoms with E-state index in [4.69, 9.17) is 4.74 Å². The Bertz CT molecular complexity index is 883. The molecular formula is C24H24O3. The van der Waals surface area contributed by atoms with Crippen LogP contribution in [0.1, 0.15) is 23.1 Å². The lowest BCUT2D eigenvalue weighted by Gasteiger charge is -2.13. The summed E-state index contributed by atoms with van der Waals surface area (Å²) in [6, 6.07) is 24.6. The van der Waals surface area contributed by atoms with Crippen LogP contribution in [0.5, 0.6) is 5.75 Å². The van der Waals surface area contributed by atoms with E-state index in [0.717, 1.165) is 11.3 Å². The van der Waals surface area contributed by atoms with Crippen molar-refractivity contribution >= 4 is 5.97 Å². The number of methoxy groups -OCH3 is 1. The van der Waals surface area contributed by atoms with Crippen LogP contribution in [0.4, 0.5) is 0 Å². The summed E-state index contributed by atoms with van der Waals surface area (Å²) in [6.45, 7) is 2.66. The van der Waals surface area contributed by atoms with Crippen molar-refractivity contribution in [2.75, 3.05) is 7.11 Å². The Morgan fingerprint density at radius 1 is 0.889 bits per heavy atom. The number of hydrogen-bond acceptors (Lipinski definition) is 3. The molecule has 0 bridgehead atoms. The van der Waals surface area contributed by atoms with E-state index >= 15 is 0 Å². The van der Waals surface area contributed by atoms with Gasteiger partial charge in [0.2, 0.25) is 0 Å². The Kier molecular flexibility index (Phi) is 6.26. The molecule has 0 amide bonds. The van der Waals surface area contributed by atoms with Gasteiger partial charge < -0.3 is 9.47 Å². The first-order valence-corrected chi connectivity index (χ1v) is 9.10. The van der Waals surface area contributed by atoms with Gasteiger partial charge in [-0.2, -0.15) is 0 Å². The van der Waals surface area contributed by atoms with Crippen molar-refractivity contribution in [3.05, 3.63) is 89.5 Å². The highest BCUT2D eigenvalue weighted by molar-refractivity contribution is 5.69. The van der Waals surface area contributed by atoms with Crippen molar-refractivity contribution in [1.29, 1.82) is 0 Å². The minimum absolute atomic E-state index is 0.191. The molecule has 0 radical (unpaired) electrons. The van der Waals surface area contributed by atoms with Crippen molar-refractivity contribution in [3.63, 3.8) is 0 Å². The number of benzene rings is 3. The molecular weight excluding hydrogens is 336 g/mol. The van der Waals surface area contributed by atoms with Gasteiger partial charge in [-0.15, -0.1) is 0 Å². The summed E-state index contributed by atoms with van der Waals surface area (Å²) in [7, 11) is 1.41. The molecule has 3 heteroatoms. The van der Waals surface area contributed by atoms with Crippen LogP contribution in [0, 0.1) is 6.92 Å². The monoisotopic (exact) mass is 360 g/mol. The van der Waals surface area contributed by atoms with E-state index in [1.807, 2.05) is 30.3 Å². The predicted octanol–water partition coefficient (Wildman–Crippen LogP) is 5.35.